The van der Waals surface area contributed by atoms with Crippen molar-refractivity contribution >= 4 is 6.09 Å². The Morgan fingerprint density at radius 3 is 2.90 bits per heavy atom. The summed E-state index contributed by atoms with van der Waals surface area (Å²) in [5.74, 6) is 0. The van der Waals surface area contributed by atoms with Gasteiger partial charge in [0.15, 0.2) is 0 Å². The molecule has 1 saturated heterocycles. The van der Waals surface area contributed by atoms with Crippen LogP contribution >= 0.6 is 0 Å². The van der Waals surface area contributed by atoms with Crippen molar-refractivity contribution in [3.63, 3.8) is 0 Å². The Balaban J connectivity index is 1.96. The lowest BCUT2D eigenvalue weighted by Crippen LogP contribution is -2.58. The van der Waals surface area contributed by atoms with Crippen molar-refractivity contribution in [1.82, 2.24) is 10.2 Å². The van der Waals surface area contributed by atoms with Crippen LogP contribution in [0.4, 0.5) is 4.79 Å². The molecule has 5 heteroatoms. The highest BCUT2D eigenvalue weighted by molar-refractivity contribution is 5.68. The highest BCUT2D eigenvalue weighted by Gasteiger charge is 2.32. The number of nitrogens with one attached hydrogen (secondary N) is 1. The van der Waals surface area contributed by atoms with E-state index in [4.69, 9.17) is 10.00 Å². The molecule has 1 N–H and O–H groups in total. The number of piperazine rings is 1. The summed E-state index contributed by atoms with van der Waals surface area (Å²) in [7, 11) is 0. The second-order valence-corrected chi connectivity index (χ2v) is 4.97. The summed E-state index contributed by atoms with van der Waals surface area (Å²) in [4.78, 5) is 13.9. The molecule has 0 aliphatic carbocycles. The minimum Gasteiger partial charge on any atom is -0.445 e. The van der Waals surface area contributed by atoms with Crippen LogP contribution in [0.25, 0.3) is 0 Å². The lowest BCUT2D eigenvalue weighted by Gasteiger charge is -2.39. The molecule has 0 unspecified atom stereocenters. The third-order valence-electron chi connectivity index (χ3n) is 3.43. The lowest BCUT2D eigenvalue weighted by atomic mass is 10.1. The Hall–Kier alpha value is -2.06. The summed E-state index contributed by atoms with van der Waals surface area (Å²) < 4.78 is 5.36. The van der Waals surface area contributed by atoms with Gasteiger partial charge in [-0.3, -0.25) is 4.90 Å². The highest BCUT2D eigenvalue weighted by atomic mass is 16.6. The maximum Gasteiger partial charge on any atom is 0.410 e. The first-order chi connectivity index (χ1) is 9.72. The zero-order chi connectivity index (χ0) is 14.4. The molecule has 1 aliphatic rings. The average Bonchev–Trinajstić information content (AvgIpc) is 2.46. The van der Waals surface area contributed by atoms with Gasteiger partial charge >= 0.3 is 6.09 Å². The van der Waals surface area contributed by atoms with Gasteiger partial charge in [-0.25, -0.2) is 4.79 Å². The van der Waals surface area contributed by atoms with Crippen LogP contribution in [-0.2, 0) is 11.3 Å². The van der Waals surface area contributed by atoms with Crippen LogP contribution in [0.3, 0.4) is 0 Å². The van der Waals surface area contributed by atoms with Crippen molar-refractivity contribution in [2.75, 3.05) is 13.1 Å². The van der Waals surface area contributed by atoms with E-state index in [1.165, 1.54) is 0 Å². The molecule has 0 radical (unpaired) electrons. The van der Waals surface area contributed by atoms with E-state index >= 15 is 0 Å². The molecule has 1 aliphatic heterocycles. The molecule has 0 spiro atoms. The molecule has 1 heterocycles. The molecule has 1 aromatic carbocycles. The van der Waals surface area contributed by atoms with E-state index in [0.29, 0.717) is 13.0 Å². The Bertz CT molecular complexity index is 484. The van der Waals surface area contributed by atoms with Gasteiger partial charge in [-0.2, -0.15) is 5.26 Å². The van der Waals surface area contributed by atoms with Crippen molar-refractivity contribution in [3.05, 3.63) is 35.9 Å². The van der Waals surface area contributed by atoms with Crippen LogP contribution in [-0.4, -0.2) is 36.2 Å². The van der Waals surface area contributed by atoms with Crippen LogP contribution in [0.1, 0.15) is 18.9 Å². The van der Waals surface area contributed by atoms with Gasteiger partial charge in [0.05, 0.1) is 18.5 Å². The lowest BCUT2D eigenvalue weighted by molar-refractivity contribution is 0.0531. The smallest absolute Gasteiger partial charge is 0.410 e. The predicted octanol–water partition coefficient (Wildman–Crippen LogP) is 1.90. The van der Waals surface area contributed by atoms with Crippen LogP contribution in [0.5, 0.6) is 0 Å². The molecular weight excluding hydrogens is 254 g/mol. The molecule has 1 amide bonds. The predicted molar refractivity (Wildman–Crippen MR) is 74.8 cm³/mol. The maximum absolute atomic E-state index is 12.2. The number of benzene rings is 1. The van der Waals surface area contributed by atoms with Gasteiger partial charge in [-0.1, -0.05) is 30.3 Å². The fourth-order valence-electron chi connectivity index (χ4n) is 2.41. The molecule has 0 aromatic heterocycles. The van der Waals surface area contributed by atoms with Crippen LogP contribution in [0, 0.1) is 11.3 Å². The van der Waals surface area contributed by atoms with Crippen molar-refractivity contribution < 1.29 is 9.53 Å². The largest absolute Gasteiger partial charge is 0.445 e. The number of ether oxygens (including phenoxy) is 1. The van der Waals surface area contributed by atoms with E-state index in [2.05, 4.69) is 11.4 Å². The number of nitriles is 1. The van der Waals surface area contributed by atoms with Gasteiger partial charge < -0.3 is 10.1 Å². The van der Waals surface area contributed by atoms with E-state index in [-0.39, 0.29) is 24.8 Å². The van der Waals surface area contributed by atoms with E-state index < -0.39 is 0 Å². The zero-order valence-electron chi connectivity index (χ0n) is 11.6. The number of hydrogen-bond acceptors (Lipinski definition) is 4. The SMILES string of the molecule is C[C@H]1CNC[C@H](CC#N)N1C(=O)OCc1ccccc1. The minimum atomic E-state index is -0.344. The van der Waals surface area contributed by atoms with Crippen molar-refractivity contribution in [2.45, 2.75) is 32.0 Å². The molecule has 20 heavy (non-hydrogen) atoms. The number of rotatable bonds is 3. The van der Waals surface area contributed by atoms with E-state index in [9.17, 15) is 4.79 Å². The van der Waals surface area contributed by atoms with Gasteiger partial charge in [0, 0.05) is 19.1 Å². The van der Waals surface area contributed by atoms with E-state index in [0.717, 1.165) is 12.1 Å². The van der Waals surface area contributed by atoms with Gasteiger partial charge in [0.25, 0.3) is 0 Å². The number of carbonyl (C=O) groups is 1. The number of hydrogen-bond donors (Lipinski definition) is 1. The van der Waals surface area contributed by atoms with Gasteiger partial charge in [0.1, 0.15) is 6.61 Å². The monoisotopic (exact) mass is 273 g/mol. The average molecular weight is 273 g/mol. The summed E-state index contributed by atoms with van der Waals surface area (Å²) in [6.07, 6.45) is -0.0271. The summed E-state index contributed by atoms with van der Waals surface area (Å²) in [6.45, 7) is 3.58. The van der Waals surface area contributed by atoms with Crippen molar-refractivity contribution in [2.24, 2.45) is 0 Å². The fraction of sp³-hybridized carbons (Fsp3) is 0.467. The quantitative estimate of drug-likeness (QED) is 0.913. The second-order valence-electron chi connectivity index (χ2n) is 4.97. The summed E-state index contributed by atoms with van der Waals surface area (Å²) in [5.41, 5.74) is 0.959. The highest BCUT2D eigenvalue weighted by Crippen LogP contribution is 2.15. The number of carbonyl (C=O) groups excluding carboxylic acids is 1. The zero-order valence-corrected chi connectivity index (χ0v) is 11.6. The van der Waals surface area contributed by atoms with E-state index in [1.54, 1.807) is 4.90 Å². The summed E-state index contributed by atoms with van der Waals surface area (Å²) in [5, 5.41) is 12.1. The Morgan fingerprint density at radius 2 is 2.20 bits per heavy atom. The molecule has 0 saturated carbocycles. The molecular formula is C15H19N3O2. The molecule has 1 aromatic rings. The normalized spacial score (nSPS) is 22.1. The summed E-state index contributed by atoms with van der Waals surface area (Å²) >= 11 is 0. The molecule has 0 bridgehead atoms. The van der Waals surface area contributed by atoms with Crippen molar-refractivity contribution in [3.8, 4) is 6.07 Å². The fourth-order valence-corrected chi connectivity index (χ4v) is 2.41. The third kappa shape index (κ3) is 3.49. The Labute approximate surface area is 119 Å². The molecule has 2 atom stereocenters. The Kier molecular flexibility index (Phi) is 4.97. The third-order valence-corrected chi connectivity index (χ3v) is 3.43. The molecule has 106 valence electrons. The van der Waals surface area contributed by atoms with Gasteiger partial charge in [0.2, 0.25) is 0 Å². The first-order valence-corrected chi connectivity index (χ1v) is 6.79. The van der Waals surface area contributed by atoms with Gasteiger partial charge in [-0.15, -0.1) is 0 Å². The van der Waals surface area contributed by atoms with Crippen molar-refractivity contribution in [1.29, 1.82) is 5.26 Å². The maximum atomic E-state index is 12.2. The van der Waals surface area contributed by atoms with Crippen LogP contribution in [0.2, 0.25) is 0 Å². The van der Waals surface area contributed by atoms with Crippen LogP contribution in [0.15, 0.2) is 30.3 Å². The minimum absolute atomic E-state index is 0.0328. The number of amides is 1. The number of nitrogens with zero attached hydrogens (tertiary/aromatic N) is 2. The van der Waals surface area contributed by atoms with Crippen LogP contribution < -0.4 is 5.32 Å². The first kappa shape index (κ1) is 14.4. The van der Waals surface area contributed by atoms with Gasteiger partial charge in [-0.05, 0) is 12.5 Å². The molecule has 5 nitrogen and oxygen atoms in total. The topological polar surface area (TPSA) is 65.4 Å². The Morgan fingerprint density at radius 1 is 1.45 bits per heavy atom. The summed E-state index contributed by atoms with van der Waals surface area (Å²) in [6, 6.07) is 11.6. The standard InChI is InChI=1S/C15H19N3O2/c1-12-9-17-10-14(7-8-16)18(12)15(19)20-11-13-5-3-2-4-6-13/h2-6,12,14,17H,7,9-11H2,1H3/t12-,14-/m0/s1. The molecule has 1 fully saturated rings. The first-order valence-electron chi connectivity index (χ1n) is 6.79. The second kappa shape index (κ2) is 6.92. The van der Waals surface area contributed by atoms with E-state index in [1.807, 2.05) is 37.3 Å². The molecule has 2 rings (SSSR count).